The number of thiazole rings is 2. The molecule has 6 rings (SSSR count). The summed E-state index contributed by atoms with van der Waals surface area (Å²) < 4.78 is 12.2. The van der Waals surface area contributed by atoms with Crippen LogP contribution >= 0.6 is 22.7 Å². The molecule has 0 saturated heterocycles. The number of aliphatic imine (C=N–C) groups is 2. The number of ether oxygens (including phenoxy) is 2. The van der Waals surface area contributed by atoms with E-state index in [1.165, 1.54) is 22.7 Å². The highest BCUT2D eigenvalue weighted by Gasteiger charge is 2.41. The van der Waals surface area contributed by atoms with E-state index in [1.807, 2.05) is 58.0 Å². The molecule has 16 heteroatoms. The lowest BCUT2D eigenvalue weighted by atomic mass is 9.98. The van der Waals surface area contributed by atoms with Crippen molar-refractivity contribution in [2.24, 2.45) is 21.8 Å². The van der Waals surface area contributed by atoms with Gasteiger partial charge in [0.2, 0.25) is 23.6 Å². The van der Waals surface area contributed by atoms with Gasteiger partial charge in [-0.05, 0) is 44.6 Å². The number of nitrogens with zero attached hydrogens (tertiary/aromatic N) is 4. The van der Waals surface area contributed by atoms with Gasteiger partial charge in [-0.25, -0.2) is 20.0 Å². The molecule has 0 radical (unpaired) electrons. The van der Waals surface area contributed by atoms with Crippen LogP contribution in [0.2, 0.25) is 0 Å². The molecule has 1 aromatic carbocycles. The standard InChI is InChI=1S/C37H46N8O6S2/c1-8-18(4)27-35-45-29(21(7)51-35)33(49)39-23(14-22-12-10-9-11-13-22)37-41-25(16-53-37)30(46)42-26(17(2)3)34-44-28(20(6)50-34)32(48)38-19(5)36-40-24(15-52-36)31(47)43-27/h9-13,15-21,23,26-29H,8,14H2,1-7H3,(H,38,48)(H,39,49)(H,42,46)(H,43,47)/t18-,19+,20+,21+,23+,26-,27-,28+,29?/m0/s1. The van der Waals surface area contributed by atoms with Crippen LogP contribution < -0.4 is 21.3 Å². The number of fused-ring (bicyclic) bond motifs is 6. The molecule has 0 spiro atoms. The van der Waals surface area contributed by atoms with Gasteiger partial charge >= 0.3 is 0 Å². The van der Waals surface area contributed by atoms with Gasteiger partial charge in [-0.3, -0.25) is 19.2 Å². The van der Waals surface area contributed by atoms with Crippen LogP contribution in [-0.4, -0.2) is 81.8 Å². The maximum absolute atomic E-state index is 14.0. The third-order valence-electron chi connectivity index (χ3n) is 9.69. The smallest absolute Gasteiger partial charge is 0.271 e. The van der Waals surface area contributed by atoms with E-state index in [0.29, 0.717) is 22.9 Å². The fourth-order valence-corrected chi connectivity index (χ4v) is 8.00. The first kappa shape index (κ1) is 38.0. The number of nitrogens with one attached hydrogen (secondary N) is 4. The van der Waals surface area contributed by atoms with Crippen molar-refractivity contribution in [1.82, 2.24) is 31.2 Å². The molecule has 53 heavy (non-hydrogen) atoms. The van der Waals surface area contributed by atoms with E-state index in [1.54, 1.807) is 31.5 Å². The summed E-state index contributed by atoms with van der Waals surface area (Å²) in [5.74, 6) is -1.27. The number of rotatable bonds is 5. The number of aromatic nitrogens is 2. The van der Waals surface area contributed by atoms with Gasteiger partial charge in [0, 0.05) is 10.8 Å². The van der Waals surface area contributed by atoms with E-state index in [0.717, 1.165) is 5.56 Å². The van der Waals surface area contributed by atoms with Gasteiger partial charge < -0.3 is 30.7 Å². The SMILES string of the molecule is CC[C@H](C)[C@@H]1NC(=O)c2csc(n2)[C@@H](C)NC(=O)[C@@H]2N=C(O[C@@H]2C)[C@H](C(C)C)NC(=O)c2csc(n2)[C@@H](Cc2ccccc2)NC(=O)C2N=C1O[C@@H]2C. The van der Waals surface area contributed by atoms with Crippen molar-refractivity contribution in [3.63, 3.8) is 0 Å². The number of carbonyl (C=O) groups excluding carboxylic acids is 4. The minimum absolute atomic E-state index is 0.0799. The van der Waals surface area contributed by atoms with Crippen molar-refractivity contribution in [2.45, 2.75) is 110 Å². The monoisotopic (exact) mass is 762 g/mol. The molecule has 5 heterocycles. The van der Waals surface area contributed by atoms with Crippen LogP contribution in [-0.2, 0) is 25.5 Å². The quantitative estimate of drug-likeness (QED) is 0.299. The predicted octanol–water partition coefficient (Wildman–Crippen LogP) is 4.16. The number of hydrogen-bond donors (Lipinski definition) is 4. The van der Waals surface area contributed by atoms with Crippen molar-refractivity contribution in [3.05, 3.63) is 68.1 Å². The Morgan fingerprint density at radius 2 is 1.25 bits per heavy atom. The molecule has 14 nitrogen and oxygen atoms in total. The first-order chi connectivity index (χ1) is 25.3. The lowest BCUT2D eigenvalue weighted by Crippen LogP contribution is -2.45. The Balaban J connectivity index is 1.37. The Hall–Kier alpha value is -4.70. The summed E-state index contributed by atoms with van der Waals surface area (Å²) in [5, 5.41) is 16.5. The van der Waals surface area contributed by atoms with Crippen LogP contribution in [0.4, 0.5) is 0 Å². The molecule has 3 aromatic rings. The highest BCUT2D eigenvalue weighted by Crippen LogP contribution is 2.27. The first-order valence-corrected chi connectivity index (χ1v) is 19.7. The molecule has 2 aromatic heterocycles. The maximum atomic E-state index is 14.0. The van der Waals surface area contributed by atoms with Crippen molar-refractivity contribution < 1.29 is 28.7 Å². The second-order valence-electron chi connectivity index (χ2n) is 14.1. The molecular formula is C37H46N8O6S2. The van der Waals surface area contributed by atoms with Gasteiger partial charge in [0.1, 0.15) is 45.7 Å². The Kier molecular flexibility index (Phi) is 11.6. The minimum atomic E-state index is -0.888. The van der Waals surface area contributed by atoms with Crippen LogP contribution in [0.3, 0.4) is 0 Å². The molecule has 3 aliphatic heterocycles. The molecule has 3 aliphatic rings. The third kappa shape index (κ3) is 8.43. The lowest BCUT2D eigenvalue weighted by Gasteiger charge is -2.24. The fraction of sp³-hybridized carbons (Fsp3) is 0.514. The topological polar surface area (TPSA) is 185 Å². The van der Waals surface area contributed by atoms with Crippen LogP contribution in [0.25, 0.3) is 0 Å². The molecule has 4 amide bonds. The van der Waals surface area contributed by atoms with E-state index >= 15 is 0 Å². The van der Waals surface area contributed by atoms with Crippen molar-refractivity contribution >= 4 is 58.1 Å². The Labute approximate surface area is 316 Å². The lowest BCUT2D eigenvalue weighted by molar-refractivity contribution is -0.125. The van der Waals surface area contributed by atoms with Gasteiger partial charge in [-0.2, -0.15) is 0 Å². The van der Waals surface area contributed by atoms with Gasteiger partial charge in [0.05, 0.1) is 12.1 Å². The second kappa shape index (κ2) is 16.1. The molecule has 0 fully saturated rings. The van der Waals surface area contributed by atoms with E-state index in [9.17, 15) is 19.2 Å². The van der Waals surface area contributed by atoms with Gasteiger partial charge in [0.15, 0.2) is 12.1 Å². The largest absolute Gasteiger partial charge is 0.474 e. The summed E-state index contributed by atoms with van der Waals surface area (Å²) in [6, 6.07) is 5.59. The van der Waals surface area contributed by atoms with E-state index in [4.69, 9.17) is 19.5 Å². The third-order valence-corrected chi connectivity index (χ3v) is 11.7. The van der Waals surface area contributed by atoms with Gasteiger partial charge in [0.25, 0.3) is 11.8 Å². The summed E-state index contributed by atoms with van der Waals surface area (Å²) in [6.07, 6.45) is -0.0741. The predicted molar refractivity (Wildman–Crippen MR) is 202 cm³/mol. The van der Waals surface area contributed by atoms with E-state index in [2.05, 4.69) is 31.2 Å². The number of hydrogen-bond acceptors (Lipinski definition) is 12. The normalized spacial score (nSPS) is 28.7. The summed E-state index contributed by atoms with van der Waals surface area (Å²) in [5.41, 5.74) is 1.34. The molecule has 8 bridgehead atoms. The molecule has 282 valence electrons. The molecule has 1 unspecified atom stereocenters. The van der Waals surface area contributed by atoms with Gasteiger partial charge in [-0.1, -0.05) is 64.4 Å². The van der Waals surface area contributed by atoms with Crippen LogP contribution in [0.1, 0.15) is 104 Å². The highest BCUT2D eigenvalue weighted by atomic mass is 32.1. The molecular weight excluding hydrogens is 717 g/mol. The molecule has 0 saturated carbocycles. The average Bonchev–Trinajstić information content (AvgIpc) is 3.95. The summed E-state index contributed by atoms with van der Waals surface area (Å²) in [4.78, 5) is 73.3. The van der Waals surface area contributed by atoms with E-state index in [-0.39, 0.29) is 46.8 Å². The fourth-order valence-electron chi connectivity index (χ4n) is 6.34. The van der Waals surface area contributed by atoms with Crippen molar-refractivity contribution in [1.29, 1.82) is 0 Å². The molecule has 4 N–H and O–H groups in total. The number of amides is 4. The van der Waals surface area contributed by atoms with Crippen LogP contribution in [0, 0.1) is 11.8 Å². The maximum Gasteiger partial charge on any atom is 0.271 e. The highest BCUT2D eigenvalue weighted by molar-refractivity contribution is 7.10. The summed E-state index contributed by atoms with van der Waals surface area (Å²) in [6.45, 7) is 13.1. The Bertz CT molecular complexity index is 1890. The van der Waals surface area contributed by atoms with Crippen LogP contribution in [0.15, 0.2) is 51.1 Å². The zero-order valence-electron chi connectivity index (χ0n) is 30.8. The van der Waals surface area contributed by atoms with Crippen molar-refractivity contribution in [2.75, 3.05) is 0 Å². The van der Waals surface area contributed by atoms with Crippen molar-refractivity contribution in [3.8, 4) is 0 Å². The minimum Gasteiger partial charge on any atom is -0.474 e. The zero-order valence-corrected chi connectivity index (χ0v) is 32.4. The summed E-state index contributed by atoms with van der Waals surface area (Å²) >= 11 is 2.52. The second-order valence-corrected chi connectivity index (χ2v) is 15.9. The number of carbonyl (C=O) groups is 4. The van der Waals surface area contributed by atoms with E-state index < -0.39 is 60.3 Å². The Morgan fingerprint density at radius 1 is 0.717 bits per heavy atom. The zero-order chi connectivity index (χ0) is 38.0. The molecule has 0 aliphatic carbocycles. The first-order valence-electron chi connectivity index (χ1n) is 18.0. The molecule has 9 atom stereocenters. The van der Waals surface area contributed by atoms with Gasteiger partial charge in [-0.15, -0.1) is 22.7 Å². The Morgan fingerprint density at radius 3 is 1.83 bits per heavy atom. The number of benzene rings is 1. The summed E-state index contributed by atoms with van der Waals surface area (Å²) in [7, 11) is 0. The average molecular weight is 763 g/mol. The van der Waals surface area contributed by atoms with Crippen LogP contribution in [0.5, 0.6) is 0 Å².